The molecule has 1 N–H and O–H groups in total. The average molecular weight is 424 g/mol. The van der Waals surface area contributed by atoms with E-state index in [0.717, 1.165) is 5.56 Å². The number of hydrogen-bond acceptors (Lipinski definition) is 8. The number of pyridine rings is 1. The van der Waals surface area contributed by atoms with Gasteiger partial charge in [-0.3, -0.25) is 9.59 Å². The third kappa shape index (κ3) is 5.06. The van der Waals surface area contributed by atoms with Crippen LogP contribution in [0.2, 0.25) is 0 Å². The minimum atomic E-state index is -0.598. The summed E-state index contributed by atoms with van der Waals surface area (Å²) < 4.78 is 15.6. The highest BCUT2D eigenvalue weighted by atomic mass is 16.6. The van der Waals surface area contributed by atoms with Gasteiger partial charge >= 0.3 is 5.97 Å². The molecule has 1 atom stereocenters. The molecule has 0 radical (unpaired) electrons. The van der Waals surface area contributed by atoms with Crippen LogP contribution in [0.5, 0.6) is 11.5 Å². The first-order valence-electron chi connectivity index (χ1n) is 9.76. The summed E-state index contributed by atoms with van der Waals surface area (Å²) in [5.74, 6) is 0.0651. The van der Waals surface area contributed by atoms with E-state index >= 15 is 0 Å². The fourth-order valence-electron chi connectivity index (χ4n) is 2.86. The molecule has 9 nitrogen and oxygen atoms in total. The first-order valence-corrected chi connectivity index (χ1v) is 9.76. The van der Waals surface area contributed by atoms with Gasteiger partial charge in [-0.15, -0.1) is 0 Å². The maximum atomic E-state index is 12.8. The van der Waals surface area contributed by atoms with Crippen molar-refractivity contribution in [3.05, 3.63) is 53.6 Å². The quantitative estimate of drug-likeness (QED) is 0.571. The Bertz CT molecular complexity index is 1080. The molecule has 3 aromatic rings. The number of methoxy groups -OCH3 is 1. The number of benzene rings is 1. The Balaban J connectivity index is 1.77. The van der Waals surface area contributed by atoms with Gasteiger partial charge in [0.15, 0.2) is 17.3 Å². The molecule has 0 aliphatic carbocycles. The van der Waals surface area contributed by atoms with Crippen LogP contribution in [0.15, 0.2) is 41.1 Å². The summed E-state index contributed by atoms with van der Waals surface area (Å²) in [6.45, 7) is 7.17. The molecule has 0 saturated heterocycles. The van der Waals surface area contributed by atoms with Crippen molar-refractivity contribution in [2.75, 3.05) is 7.11 Å². The molecular weight excluding hydrogens is 400 g/mol. The fraction of sp³-hybridized carbons (Fsp3) is 0.318. The molecule has 0 spiro atoms. The van der Waals surface area contributed by atoms with E-state index in [4.69, 9.17) is 14.0 Å². The van der Waals surface area contributed by atoms with Gasteiger partial charge < -0.3 is 19.3 Å². The topological polar surface area (TPSA) is 116 Å². The van der Waals surface area contributed by atoms with E-state index in [9.17, 15) is 9.59 Å². The number of esters is 1. The lowest BCUT2D eigenvalue weighted by Gasteiger charge is -2.14. The molecule has 0 unspecified atom stereocenters. The Labute approximate surface area is 179 Å². The number of rotatable bonds is 7. The highest BCUT2D eigenvalue weighted by Gasteiger charge is 2.24. The zero-order valence-electron chi connectivity index (χ0n) is 18.0. The lowest BCUT2D eigenvalue weighted by Crippen LogP contribution is -2.29. The van der Waals surface area contributed by atoms with E-state index in [2.05, 4.69) is 34.3 Å². The zero-order valence-corrected chi connectivity index (χ0v) is 18.0. The van der Waals surface area contributed by atoms with E-state index in [1.54, 1.807) is 6.92 Å². The predicted octanol–water partition coefficient (Wildman–Crippen LogP) is 3.68. The number of carbonyl (C=O) groups is 2. The summed E-state index contributed by atoms with van der Waals surface area (Å²) in [7, 11) is 1.40. The van der Waals surface area contributed by atoms with Crippen molar-refractivity contribution in [1.29, 1.82) is 0 Å². The fourth-order valence-corrected chi connectivity index (χ4v) is 2.86. The molecule has 1 amide bonds. The number of aromatic nitrogens is 3. The second-order valence-electron chi connectivity index (χ2n) is 7.21. The van der Waals surface area contributed by atoms with Gasteiger partial charge in [0.25, 0.3) is 11.8 Å². The molecule has 0 bridgehead atoms. The van der Waals surface area contributed by atoms with Crippen molar-refractivity contribution in [2.45, 2.75) is 39.7 Å². The smallest absolute Gasteiger partial charge is 0.308 e. The molecule has 0 saturated carbocycles. The number of hydrogen-bond donors (Lipinski definition) is 1. The molecule has 0 fully saturated rings. The molecular formula is C22H24N4O5. The molecule has 31 heavy (non-hydrogen) atoms. The van der Waals surface area contributed by atoms with Gasteiger partial charge in [-0.25, -0.2) is 4.98 Å². The Kier molecular flexibility index (Phi) is 6.64. The summed E-state index contributed by atoms with van der Waals surface area (Å²) in [5, 5.41) is 6.70. The van der Waals surface area contributed by atoms with Crippen molar-refractivity contribution in [3.8, 4) is 23.0 Å². The van der Waals surface area contributed by atoms with Crippen molar-refractivity contribution in [2.24, 2.45) is 0 Å². The lowest BCUT2D eigenvalue weighted by molar-refractivity contribution is -0.132. The van der Waals surface area contributed by atoms with Crippen LogP contribution in [0.4, 0.5) is 0 Å². The summed E-state index contributed by atoms with van der Waals surface area (Å²) >= 11 is 0. The van der Waals surface area contributed by atoms with Crippen molar-refractivity contribution < 1.29 is 23.6 Å². The predicted molar refractivity (Wildman–Crippen MR) is 112 cm³/mol. The summed E-state index contributed by atoms with van der Waals surface area (Å²) in [5.41, 5.74) is 1.90. The van der Waals surface area contributed by atoms with E-state index in [0.29, 0.717) is 17.6 Å². The molecule has 9 heteroatoms. The Hall–Kier alpha value is -3.75. The standard InChI is InChI=1S/C22H24N4O5/c1-12(2)15-6-8-16(9-7-15)22-25-20(26-31-22)13(3)24-21(28)18-19(30-14(4)27)17(29-5)10-11-23-18/h6-13H,1-5H3,(H,24,28)/t13-/m0/s1. The second-order valence-corrected chi connectivity index (χ2v) is 7.21. The van der Waals surface area contributed by atoms with Crippen molar-refractivity contribution >= 4 is 11.9 Å². The van der Waals surface area contributed by atoms with Crippen LogP contribution < -0.4 is 14.8 Å². The normalized spacial score (nSPS) is 11.8. The van der Waals surface area contributed by atoms with Gasteiger partial charge in [0, 0.05) is 24.8 Å². The van der Waals surface area contributed by atoms with Crippen molar-refractivity contribution in [1.82, 2.24) is 20.4 Å². The van der Waals surface area contributed by atoms with Gasteiger partial charge in [0.2, 0.25) is 5.75 Å². The zero-order chi connectivity index (χ0) is 22.5. The highest BCUT2D eigenvalue weighted by molar-refractivity contribution is 5.96. The molecule has 0 aliphatic heterocycles. The van der Waals surface area contributed by atoms with Crippen LogP contribution in [-0.2, 0) is 4.79 Å². The molecule has 2 heterocycles. The monoisotopic (exact) mass is 424 g/mol. The summed E-state index contributed by atoms with van der Waals surface area (Å²) in [6, 6.07) is 8.77. The van der Waals surface area contributed by atoms with Gasteiger partial charge in [0.1, 0.15) is 0 Å². The Morgan fingerprint density at radius 1 is 1.10 bits per heavy atom. The largest absolute Gasteiger partial charge is 0.493 e. The third-order valence-corrected chi connectivity index (χ3v) is 4.55. The Morgan fingerprint density at radius 3 is 2.42 bits per heavy atom. The van der Waals surface area contributed by atoms with Crippen LogP contribution in [-0.4, -0.2) is 34.1 Å². The number of nitrogens with zero attached hydrogens (tertiary/aromatic N) is 3. The van der Waals surface area contributed by atoms with E-state index in [1.165, 1.54) is 31.9 Å². The van der Waals surface area contributed by atoms with Gasteiger partial charge in [-0.05, 0) is 30.5 Å². The van der Waals surface area contributed by atoms with Crippen LogP contribution in [0.1, 0.15) is 61.5 Å². The second kappa shape index (κ2) is 9.38. The maximum absolute atomic E-state index is 12.8. The first-order chi connectivity index (χ1) is 14.8. The maximum Gasteiger partial charge on any atom is 0.308 e. The van der Waals surface area contributed by atoms with Gasteiger partial charge in [-0.2, -0.15) is 4.98 Å². The average Bonchev–Trinajstić information content (AvgIpc) is 3.24. The summed E-state index contributed by atoms with van der Waals surface area (Å²) in [6.07, 6.45) is 1.39. The van der Waals surface area contributed by atoms with Crippen LogP contribution in [0.25, 0.3) is 11.5 Å². The number of ether oxygens (including phenoxy) is 2. The minimum absolute atomic E-state index is 0.0544. The van der Waals surface area contributed by atoms with Crippen molar-refractivity contribution in [3.63, 3.8) is 0 Å². The summed E-state index contributed by atoms with van der Waals surface area (Å²) in [4.78, 5) is 32.6. The SMILES string of the molecule is COc1ccnc(C(=O)N[C@@H](C)c2noc(-c3ccc(C(C)C)cc3)n2)c1OC(C)=O. The number of amides is 1. The van der Waals surface area contributed by atoms with E-state index < -0.39 is 17.9 Å². The Morgan fingerprint density at radius 2 is 1.81 bits per heavy atom. The van der Waals surface area contributed by atoms with Crippen LogP contribution in [0.3, 0.4) is 0 Å². The molecule has 3 rings (SSSR count). The molecule has 2 aromatic heterocycles. The van der Waals surface area contributed by atoms with E-state index in [1.807, 2.05) is 24.3 Å². The molecule has 0 aliphatic rings. The van der Waals surface area contributed by atoms with Gasteiger partial charge in [-0.1, -0.05) is 31.1 Å². The third-order valence-electron chi connectivity index (χ3n) is 4.55. The van der Waals surface area contributed by atoms with Crippen LogP contribution >= 0.6 is 0 Å². The first kappa shape index (κ1) is 21.9. The molecule has 1 aromatic carbocycles. The lowest BCUT2D eigenvalue weighted by atomic mass is 10.0. The molecule has 162 valence electrons. The van der Waals surface area contributed by atoms with E-state index in [-0.39, 0.29) is 17.2 Å². The number of carbonyl (C=O) groups excluding carboxylic acids is 2. The minimum Gasteiger partial charge on any atom is -0.493 e. The van der Waals surface area contributed by atoms with Crippen LogP contribution in [0, 0.1) is 0 Å². The number of nitrogens with one attached hydrogen (secondary N) is 1. The van der Waals surface area contributed by atoms with Gasteiger partial charge in [0.05, 0.1) is 13.2 Å². The highest BCUT2D eigenvalue weighted by Crippen LogP contribution is 2.30.